The quantitative estimate of drug-likeness (QED) is 0.802. The molecule has 0 saturated carbocycles. The van der Waals surface area contributed by atoms with Crippen LogP contribution in [0, 0.1) is 0 Å². The van der Waals surface area contributed by atoms with E-state index >= 15 is 0 Å². The second-order valence-electron chi connectivity index (χ2n) is 4.61. The normalized spacial score (nSPS) is 11.1. The van der Waals surface area contributed by atoms with Crippen molar-refractivity contribution in [1.82, 2.24) is 0 Å². The van der Waals surface area contributed by atoms with Crippen LogP contribution < -0.4 is 15.2 Å². The summed E-state index contributed by atoms with van der Waals surface area (Å²) in [6.45, 7) is 0. The predicted molar refractivity (Wildman–Crippen MR) is 85.0 cm³/mol. The third kappa shape index (κ3) is 4.39. The summed E-state index contributed by atoms with van der Waals surface area (Å²) >= 11 is 0. The van der Waals surface area contributed by atoms with Crippen LogP contribution in [0.5, 0.6) is 5.75 Å². The molecule has 0 atom stereocenters. The van der Waals surface area contributed by atoms with Crippen LogP contribution in [-0.4, -0.2) is 21.3 Å². The minimum absolute atomic E-state index is 0.00629. The van der Waals surface area contributed by atoms with Crippen molar-refractivity contribution in [2.75, 3.05) is 23.3 Å². The number of rotatable bonds is 6. The van der Waals surface area contributed by atoms with Crippen molar-refractivity contribution in [2.45, 2.75) is 6.42 Å². The van der Waals surface area contributed by atoms with E-state index in [0.29, 0.717) is 23.5 Å². The molecular formula is C15H18N2O3S. The van der Waals surface area contributed by atoms with Crippen molar-refractivity contribution in [3.63, 3.8) is 0 Å². The summed E-state index contributed by atoms with van der Waals surface area (Å²) in [5.74, 6) is 0.540. The van der Waals surface area contributed by atoms with Crippen molar-refractivity contribution >= 4 is 21.4 Å². The van der Waals surface area contributed by atoms with E-state index in [2.05, 4.69) is 4.72 Å². The minimum atomic E-state index is -3.47. The molecule has 3 N–H and O–H groups in total. The maximum Gasteiger partial charge on any atom is 0.233 e. The van der Waals surface area contributed by atoms with E-state index in [0.717, 1.165) is 5.56 Å². The Labute approximate surface area is 124 Å². The molecule has 0 radical (unpaired) electrons. The molecule has 0 spiro atoms. The number of benzene rings is 2. The highest BCUT2D eigenvalue weighted by Crippen LogP contribution is 2.25. The van der Waals surface area contributed by atoms with E-state index in [4.69, 9.17) is 10.5 Å². The molecule has 0 aliphatic heterocycles. The molecular weight excluding hydrogens is 288 g/mol. The summed E-state index contributed by atoms with van der Waals surface area (Å²) in [6.07, 6.45) is 0.444. The third-order valence-corrected chi connectivity index (χ3v) is 4.30. The number of nitrogens with two attached hydrogens (primary N) is 1. The molecule has 0 unspecified atom stereocenters. The number of hydrogen-bond donors (Lipinski definition) is 2. The fourth-order valence-corrected chi connectivity index (χ4v) is 2.98. The smallest absolute Gasteiger partial charge is 0.233 e. The van der Waals surface area contributed by atoms with Gasteiger partial charge in [0.15, 0.2) is 0 Å². The van der Waals surface area contributed by atoms with Gasteiger partial charge in [0.05, 0.1) is 24.2 Å². The highest BCUT2D eigenvalue weighted by atomic mass is 32.2. The molecule has 2 aromatic carbocycles. The Morgan fingerprint density at radius 3 is 2.52 bits per heavy atom. The van der Waals surface area contributed by atoms with Gasteiger partial charge in [-0.15, -0.1) is 0 Å². The number of hydrogen-bond acceptors (Lipinski definition) is 4. The lowest BCUT2D eigenvalue weighted by Gasteiger charge is -2.11. The molecule has 2 rings (SSSR count). The average Bonchev–Trinajstić information content (AvgIpc) is 2.48. The van der Waals surface area contributed by atoms with Crippen molar-refractivity contribution in [3.8, 4) is 5.75 Å². The van der Waals surface area contributed by atoms with Gasteiger partial charge in [-0.25, -0.2) is 8.42 Å². The highest BCUT2D eigenvalue weighted by Gasteiger charge is 2.13. The number of anilines is 2. The zero-order valence-corrected chi connectivity index (χ0v) is 12.6. The van der Waals surface area contributed by atoms with Gasteiger partial charge in [0.25, 0.3) is 0 Å². The average molecular weight is 306 g/mol. The van der Waals surface area contributed by atoms with E-state index in [1.165, 1.54) is 7.11 Å². The minimum Gasteiger partial charge on any atom is -0.497 e. The Kier molecular flexibility index (Phi) is 4.70. The van der Waals surface area contributed by atoms with Crippen molar-refractivity contribution in [2.24, 2.45) is 0 Å². The van der Waals surface area contributed by atoms with Gasteiger partial charge in [0, 0.05) is 6.07 Å². The van der Waals surface area contributed by atoms with Crippen molar-refractivity contribution in [1.29, 1.82) is 0 Å². The van der Waals surface area contributed by atoms with E-state index in [1.807, 2.05) is 30.3 Å². The molecule has 5 nitrogen and oxygen atoms in total. The predicted octanol–water partition coefficient (Wildman–Crippen LogP) is 2.26. The Hall–Kier alpha value is -2.21. The first kappa shape index (κ1) is 15.2. The summed E-state index contributed by atoms with van der Waals surface area (Å²) in [6, 6.07) is 14.3. The molecule has 0 aromatic heterocycles. The topological polar surface area (TPSA) is 81.4 Å². The van der Waals surface area contributed by atoms with Crippen molar-refractivity contribution in [3.05, 3.63) is 54.1 Å². The number of aryl methyl sites for hydroxylation is 1. The number of nitrogen functional groups attached to an aromatic ring is 1. The molecule has 21 heavy (non-hydrogen) atoms. The van der Waals surface area contributed by atoms with Gasteiger partial charge >= 0.3 is 0 Å². The lowest BCUT2D eigenvalue weighted by atomic mass is 10.2. The first-order valence-corrected chi connectivity index (χ1v) is 8.13. The maximum atomic E-state index is 12.1. The van der Waals surface area contributed by atoms with Crippen LogP contribution in [0.1, 0.15) is 5.56 Å². The monoisotopic (exact) mass is 306 g/mol. The SMILES string of the molecule is COc1ccc(N)c(NS(=O)(=O)CCc2ccccc2)c1. The molecule has 0 fully saturated rings. The molecule has 0 saturated heterocycles. The molecule has 0 bridgehead atoms. The summed E-state index contributed by atoms with van der Waals surface area (Å²) < 4.78 is 31.8. The lowest BCUT2D eigenvalue weighted by molar-refractivity contribution is 0.415. The van der Waals surface area contributed by atoms with E-state index in [1.54, 1.807) is 18.2 Å². The molecule has 2 aromatic rings. The second kappa shape index (κ2) is 6.49. The Morgan fingerprint density at radius 1 is 1.14 bits per heavy atom. The summed E-state index contributed by atoms with van der Waals surface area (Å²) in [4.78, 5) is 0. The molecule has 0 amide bonds. The Morgan fingerprint density at radius 2 is 1.86 bits per heavy atom. The second-order valence-corrected chi connectivity index (χ2v) is 6.45. The summed E-state index contributed by atoms with van der Waals surface area (Å²) in [5.41, 5.74) is 7.45. The lowest BCUT2D eigenvalue weighted by Crippen LogP contribution is -2.19. The molecule has 0 aliphatic carbocycles. The van der Waals surface area contributed by atoms with Crippen LogP contribution >= 0.6 is 0 Å². The largest absolute Gasteiger partial charge is 0.497 e. The third-order valence-electron chi connectivity index (χ3n) is 3.03. The van der Waals surface area contributed by atoms with Crippen LogP contribution in [-0.2, 0) is 16.4 Å². The molecule has 0 aliphatic rings. The standard InChI is InChI=1S/C15H18N2O3S/c1-20-13-7-8-14(16)15(11-13)17-21(18,19)10-9-12-5-3-2-4-6-12/h2-8,11,17H,9-10,16H2,1H3. The Balaban J connectivity index is 2.07. The first-order valence-electron chi connectivity index (χ1n) is 6.48. The van der Waals surface area contributed by atoms with Crippen LogP contribution in [0.2, 0.25) is 0 Å². The van der Waals surface area contributed by atoms with Crippen LogP contribution in [0.15, 0.2) is 48.5 Å². The van der Waals surface area contributed by atoms with Gasteiger partial charge in [-0.3, -0.25) is 4.72 Å². The molecule has 6 heteroatoms. The fraction of sp³-hybridized carbons (Fsp3) is 0.200. The van der Waals surface area contributed by atoms with Crippen LogP contribution in [0.4, 0.5) is 11.4 Å². The number of ether oxygens (including phenoxy) is 1. The number of methoxy groups -OCH3 is 1. The van der Waals surface area contributed by atoms with Gasteiger partial charge < -0.3 is 10.5 Å². The molecule has 112 valence electrons. The summed E-state index contributed by atoms with van der Waals surface area (Å²) in [5, 5.41) is 0. The number of nitrogens with one attached hydrogen (secondary N) is 1. The van der Waals surface area contributed by atoms with Crippen molar-refractivity contribution < 1.29 is 13.2 Å². The van der Waals surface area contributed by atoms with E-state index in [9.17, 15) is 8.42 Å². The zero-order valence-electron chi connectivity index (χ0n) is 11.7. The zero-order chi connectivity index (χ0) is 15.3. The van der Waals surface area contributed by atoms with Gasteiger partial charge in [0.2, 0.25) is 10.0 Å². The fourth-order valence-electron chi connectivity index (χ4n) is 1.87. The van der Waals surface area contributed by atoms with Crippen LogP contribution in [0.25, 0.3) is 0 Å². The first-order chi connectivity index (χ1) is 10.00. The summed E-state index contributed by atoms with van der Waals surface area (Å²) in [7, 11) is -1.95. The van der Waals surface area contributed by atoms with Gasteiger partial charge in [-0.1, -0.05) is 30.3 Å². The van der Waals surface area contributed by atoms with Gasteiger partial charge in [-0.2, -0.15) is 0 Å². The van der Waals surface area contributed by atoms with E-state index in [-0.39, 0.29) is 5.75 Å². The highest BCUT2D eigenvalue weighted by molar-refractivity contribution is 7.92. The van der Waals surface area contributed by atoms with Gasteiger partial charge in [0.1, 0.15) is 5.75 Å². The maximum absolute atomic E-state index is 12.1. The number of sulfonamides is 1. The Bertz CT molecular complexity index is 700. The van der Waals surface area contributed by atoms with Crippen LogP contribution in [0.3, 0.4) is 0 Å². The van der Waals surface area contributed by atoms with Gasteiger partial charge in [-0.05, 0) is 24.1 Å². The van der Waals surface area contributed by atoms with E-state index < -0.39 is 10.0 Å². The molecule has 0 heterocycles.